The van der Waals surface area contributed by atoms with Gasteiger partial charge in [0.05, 0.1) is 0 Å². The van der Waals surface area contributed by atoms with E-state index in [2.05, 4.69) is 4.98 Å². The van der Waals surface area contributed by atoms with Crippen LogP contribution in [0.25, 0.3) is 0 Å². The lowest BCUT2D eigenvalue weighted by atomic mass is 10.1. The molecule has 14 heavy (non-hydrogen) atoms. The number of rotatable bonds is 6. The Balaban J connectivity index is 2.48. The molecule has 1 aromatic rings. The van der Waals surface area contributed by atoms with Crippen LogP contribution in [-0.2, 0) is 20.6 Å². The molecule has 0 spiro atoms. The summed E-state index contributed by atoms with van der Waals surface area (Å²) in [6.45, 7) is 0. The average Bonchev–Trinajstić information content (AvgIpc) is 2.74. The van der Waals surface area contributed by atoms with Crippen molar-refractivity contribution in [3.05, 3.63) is 24.0 Å². The molecule has 1 N–H and O–H groups in total. The first kappa shape index (κ1) is 11.2. The molecule has 1 rings (SSSR count). The van der Waals surface area contributed by atoms with E-state index in [1.165, 1.54) is 5.56 Å². The van der Waals surface area contributed by atoms with Gasteiger partial charge in [-0.3, -0.25) is 0 Å². The van der Waals surface area contributed by atoms with Gasteiger partial charge in [-0.2, -0.15) is 0 Å². The van der Waals surface area contributed by atoms with Crippen molar-refractivity contribution in [1.82, 2.24) is 4.98 Å². The number of aromatic nitrogens is 1. The van der Waals surface area contributed by atoms with Crippen LogP contribution >= 0.6 is 0 Å². The van der Waals surface area contributed by atoms with Crippen molar-refractivity contribution < 1.29 is 14.2 Å². The van der Waals surface area contributed by atoms with E-state index in [4.69, 9.17) is 14.2 Å². The summed E-state index contributed by atoms with van der Waals surface area (Å²) in [5.74, 6) is -0.919. The first-order valence-electron chi connectivity index (χ1n) is 4.53. The minimum absolute atomic E-state index is 0.661. The van der Waals surface area contributed by atoms with Gasteiger partial charge >= 0.3 is 0 Å². The zero-order valence-corrected chi connectivity index (χ0v) is 8.87. The minimum atomic E-state index is -0.919. The predicted molar refractivity (Wildman–Crippen MR) is 52.9 cm³/mol. The average molecular weight is 199 g/mol. The number of H-pyrrole nitrogens is 1. The second kappa shape index (κ2) is 5.14. The van der Waals surface area contributed by atoms with E-state index < -0.39 is 5.97 Å². The highest BCUT2D eigenvalue weighted by Gasteiger charge is 2.28. The first-order valence-corrected chi connectivity index (χ1v) is 4.53. The van der Waals surface area contributed by atoms with Crippen LogP contribution in [0, 0.1) is 0 Å². The Kier molecular flexibility index (Phi) is 4.13. The molecule has 80 valence electrons. The van der Waals surface area contributed by atoms with Gasteiger partial charge in [0, 0.05) is 40.1 Å². The van der Waals surface area contributed by atoms with Gasteiger partial charge in [-0.25, -0.2) is 0 Å². The van der Waals surface area contributed by atoms with E-state index in [0.717, 1.165) is 6.42 Å². The minimum Gasteiger partial charge on any atom is -0.367 e. The molecule has 0 fully saturated rings. The maximum atomic E-state index is 5.18. The molecule has 4 heteroatoms. The fourth-order valence-corrected chi connectivity index (χ4v) is 1.37. The molecule has 0 bridgehead atoms. The monoisotopic (exact) mass is 199 g/mol. The Labute approximate surface area is 84.2 Å². The molecule has 4 nitrogen and oxygen atoms in total. The molecule has 0 unspecified atom stereocenters. The first-order chi connectivity index (χ1) is 6.76. The molecule has 1 heterocycles. The molecular weight excluding hydrogens is 182 g/mol. The molecule has 1 aromatic heterocycles. The Morgan fingerprint density at radius 3 is 2.29 bits per heavy atom. The maximum Gasteiger partial charge on any atom is 0.282 e. The molecule has 0 atom stereocenters. The number of aromatic amines is 1. The number of aryl methyl sites for hydroxylation is 1. The SMILES string of the molecule is COC(CCc1cc[nH]c1)(OC)OC. The summed E-state index contributed by atoms with van der Waals surface area (Å²) < 4.78 is 15.5. The third-order valence-corrected chi connectivity index (χ3v) is 2.32. The molecule has 0 aliphatic heterocycles. The fraction of sp³-hybridized carbons (Fsp3) is 0.600. The van der Waals surface area contributed by atoms with Crippen LogP contribution in [0.2, 0.25) is 0 Å². The molecular formula is C10H17NO3. The van der Waals surface area contributed by atoms with Crippen molar-refractivity contribution in [2.45, 2.75) is 18.8 Å². The van der Waals surface area contributed by atoms with Crippen LogP contribution in [-0.4, -0.2) is 32.3 Å². The highest BCUT2D eigenvalue weighted by atomic mass is 16.9. The summed E-state index contributed by atoms with van der Waals surface area (Å²) >= 11 is 0. The second-order valence-corrected chi connectivity index (χ2v) is 3.01. The van der Waals surface area contributed by atoms with E-state index in [1.54, 1.807) is 21.3 Å². The summed E-state index contributed by atoms with van der Waals surface area (Å²) in [5, 5.41) is 0. The summed E-state index contributed by atoms with van der Waals surface area (Å²) in [6.07, 6.45) is 5.35. The molecule has 0 aromatic carbocycles. The van der Waals surface area contributed by atoms with Crippen molar-refractivity contribution >= 4 is 0 Å². The van der Waals surface area contributed by atoms with E-state index in [1.807, 2.05) is 18.5 Å². The van der Waals surface area contributed by atoms with E-state index in [-0.39, 0.29) is 0 Å². The Bertz CT molecular complexity index is 234. The summed E-state index contributed by atoms with van der Waals surface area (Å²) in [7, 11) is 4.72. The number of nitrogens with one attached hydrogen (secondary N) is 1. The van der Waals surface area contributed by atoms with Crippen LogP contribution in [0.3, 0.4) is 0 Å². The van der Waals surface area contributed by atoms with Crippen molar-refractivity contribution in [3.63, 3.8) is 0 Å². The lowest BCUT2D eigenvalue weighted by molar-refractivity contribution is -0.354. The van der Waals surface area contributed by atoms with Crippen LogP contribution in [0.1, 0.15) is 12.0 Å². The second-order valence-electron chi connectivity index (χ2n) is 3.01. The summed E-state index contributed by atoms with van der Waals surface area (Å²) in [4.78, 5) is 3.00. The quantitative estimate of drug-likeness (QED) is 0.707. The van der Waals surface area contributed by atoms with Crippen molar-refractivity contribution in [2.75, 3.05) is 21.3 Å². The van der Waals surface area contributed by atoms with Gasteiger partial charge in [0.1, 0.15) is 0 Å². The number of methoxy groups -OCH3 is 3. The third-order valence-electron chi connectivity index (χ3n) is 2.32. The van der Waals surface area contributed by atoms with E-state index >= 15 is 0 Å². The smallest absolute Gasteiger partial charge is 0.282 e. The van der Waals surface area contributed by atoms with Crippen LogP contribution in [0.15, 0.2) is 18.5 Å². The topological polar surface area (TPSA) is 43.5 Å². The van der Waals surface area contributed by atoms with Crippen LogP contribution in [0.5, 0.6) is 0 Å². The third kappa shape index (κ3) is 2.57. The normalized spacial score (nSPS) is 11.9. The molecule has 0 aliphatic carbocycles. The van der Waals surface area contributed by atoms with Crippen molar-refractivity contribution in [1.29, 1.82) is 0 Å². The van der Waals surface area contributed by atoms with Crippen molar-refractivity contribution in [2.24, 2.45) is 0 Å². The highest BCUT2D eigenvalue weighted by Crippen LogP contribution is 2.19. The largest absolute Gasteiger partial charge is 0.367 e. The number of hydrogen-bond acceptors (Lipinski definition) is 3. The van der Waals surface area contributed by atoms with Gasteiger partial charge in [-0.1, -0.05) is 0 Å². The molecule has 0 amide bonds. The molecule has 0 aliphatic rings. The summed E-state index contributed by atoms with van der Waals surface area (Å²) in [6, 6.07) is 2.02. The maximum absolute atomic E-state index is 5.18. The van der Waals surface area contributed by atoms with Gasteiger partial charge in [-0.05, 0) is 18.1 Å². The van der Waals surface area contributed by atoms with Crippen LogP contribution < -0.4 is 0 Å². The van der Waals surface area contributed by atoms with Gasteiger partial charge < -0.3 is 19.2 Å². The zero-order chi connectivity index (χ0) is 10.4. The Morgan fingerprint density at radius 1 is 1.21 bits per heavy atom. The number of ether oxygens (including phenoxy) is 3. The Morgan fingerprint density at radius 2 is 1.86 bits per heavy atom. The van der Waals surface area contributed by atoms with E-state index in [0.29, 0.717) is 6.42 Å². The number of hydrogen-bond donors (Lipinski definition) is 1. The molecule has 0 saturated carbocycles. The zero-order valence-electron chi connectivity index (χ0n) is 8.87. The van der Waals surface area contributed by atoms with Gasteiger partial charge in [0.2, 0.25) is 0 Å². The standard InChI is InChI=1S/C10H17NO3/c1-12-10(13-2,14-3)6-4-9-5-7-11-8-9/h5,7-8,11H,4,6H2,1-3H3. The lowest BCUT2D eigenvalue weighted by Crippen LogP contribution is -2.36. The molecule has 0 saturated heterocycles. The Hall–Kier alpha value is -0.840. The van der Waals surface area contributed by atoms with Gasteiger partial charge in [-0.15, -0.1) is 0 Å². The van der Waals surface area contributed by atoms with Crippen LogP contribution in [0.4, 0.5) is 0 Å². The highest BCUT2D eigenvalue weighted by molar-refractivity contribution is 5.08. The summed E-state index contributed by atoms with van der Waals surface area (Å²) in [5.41, 5.74) is 1.21. The fourth-order valence-electron chi connectivity index (χ4n) is 1.37. The van der Waals surface area contributed by atoms with Gasteiger partial charge in [0.25, 0.3) is 5.97 Å². The predicted octanol–water partition coefficient (Wildman–Crippen LogP) is 1.54. The van der Waals surface area contributed by atoms with Gasteiger partial charge in [0.15, 0.2) is 0 Å². The van der Waals surface area contributed by atoms with E-state index in [9.17, 15) is 0 Å². The van der Waals surface area contributed by atoms with Crippen molar-refractivity contribution in [3.8, 4) is 0 Å². The molecule has 0 radical (unpaired) electrons. The lowest BCUT2D eigenvalue weighted by Gasteiger charge is -2.28.